The van der Waals surface area contributed by atoms with Gasteiger partial charge >= 0.3 is 6.18 Å². The number of amides is 1. The molecule has 0 spiro atoms. The molecule has 3 heterocycles. The topological polar surface area (TPSA) is 62.5 Å². The minimum atomic E-state index is -4.63. The number of halogens is 3. The summed E-state index contributed by atoms with van der Waals surface area (Å²) in [4.78, 5) is 19.3. The van der Waals surface area contributed by atoms with Crippen LogP contribution in [0.5, 0.6) is 0 Å². The molecular weight excluding hydrogens is 391 g/mol. The van der Waals surface area contributed by atoms with Gasteiger partial charge in [-0.25, -0.2) is 9.50 Å². The maximum atomic E-state index is 13.5. The second-order valence-electron chi connectivity index (χ2n) is 6.08. The van der Waals surface area contributed by atoms with E-state index >= 15 is 0 Å². The molecule has 1 amide bonds. The summed E-state index contributed by atoms with van der Waals surface area (Å²) in [6.07, 6.45) is -4.63. The summed E-state index contributed by atoms with van der Waals surface area (Å²) in [6.45, 7) is 6.77. The second-order valence-corrected chi connectivity index (χ2v) is 7.03. The molecule has 10 heteroatoms. The van der Waals surface area contributed by atoms with Crippen LogP contribution in [0, 0.1) is 0 Å². The molecule has 3 aromatic heterocycles. The van der Waals surface area contributed by atoms with E-state index in [4.69, 9.17) is 0 Å². The zero-order chi connectivity index (χ0) is 20.3. The number of nitrogens with zero attached hydrogens (tertiary/aromatic N) is 4. The quantitative estimate of drug-likeness (QED) is 0.646. The van der Waals surface area contributed by atoms with Crippen molar-refractivity contribution in [1.29, 1.82) is 0 Å². The van der Waals surface area contributed by atoms with Gasteiger partial charge in [-0.1, -0.05) is 19.9 Å². The third kappa shape index (κ3) is 4.33. The first kappa shape index (κ1) is 20.3. The monoisotopic (exact) mass is 411 g/mol. The van der Waals surface area contributed by atoms with E-state index in [1.165, 1.54) is 17.4 Å². The largest absolute Gasteiger partial charge is 0.433 e. The van der Waals surface area contributed by atoms with E-state index in [9.17, 15) is 18.0 Å². The number of nitrogens with one attached hydrogen (secondary N) is 1. The first-order valence-electron chi connectivity index (χ1n) is 8.86. The Balaban J connectivity index is 1.90. The van der Waals surface area contributed by atoms with E-state index in [1.807, 2.05) is 13.8 Å². The van der Waals surface area contributed by atoms with Gasteiger partial charge in [0.2, 0.25) is 0 Å². The van der Waals surface area contributed by atoms with Crippen LogP contribution in [0.4, 0.5) is 13.2 Å². The van der Waals surface area contributed by atoms with E-state index in [0.29, 0.717) is 22.5 Å². The molecule has 0 bridgehead atoms. The average molecular weight is 411 g/mol. The summed E-state index contributed by atoms with van der Waals surface area (Å²) < 4.78 is 41.3. The normalized spacial score (nSPS) is 12.1. The molecular formula is C18H20F3N5OS. The molecule has 6 nitrogen and oxygen atoms in total. The van der Waals surface area contributed by atoms with Crippen LogP contribution in [-0.2, 0) is 6.18 Å². The van der Waals surface area contributed by atoms with Crippen molar-refractivity contribution >= 4 is 22.9 Å². The minimum Gasteiger partial charge on any atom is -0.349 e. The van der Waals surface area contributed by atoms with Crippen molar-refractivity contribution in [1.82, 2.24) is 24.8 Å². The Morgan fingerprint density at radius 3 is 2.64 bits per heavy atom. The SMILES string of the molecule is CCN(CC)CCNC(=O)c1cc2nc(-c3cccs3)cc(C(F)(F)F)n2n1. The van der Waals surface area contributed by atoms with Gasteiger partial charge in [0.25, 0.3) is 5.91 Å². The second kappa shape index (κ2) is 8.27. The first-order chi connectivity index (χ1) is 13.3. The van der Waals surface area contributed by atoms with Crippen LogP contribution < -0.4 is 5.32 Å². The number of carbonyl (C=O) groups is 1. The molecule has 0 saturated carbocycles. The molecule has 0 radical (unpaired) electrons. The molecule has 3 aromatic rings. The Hall–Kier alpha value is -2.46. The number of alkyl halides is 3. The Morgan fingerprint density at radius 2 is 2.04 bits per heavy atom. The van der Waals surface area contributed by atoms with Crippen LogP contribution in [0.3, 0.4) is 0 Å². The Bertz CT molecular complexity index is 948. The van der Waals surface area contributed by atoms with Gasteiger partial charge in [-0.05, 0) is 30.6 Å². The van der Waals surface area contributed by atoms with Crippen molar-refractivity contribution in [2.45, 2.75) is 20.0 Å². The lowest BCUT2D eigenvalue weighted by atomic mass is 10.2. The standard InChI is InChI=1S/C18H20F3N5OS/c1-3-25(4-2)8-7-22-17(27)13-11-16-23-12(14-6-5-9-28-14)10-15(18(19,20)21)26(16)24-13/h5-6,9-11H,3-4,7-8H2,1-2H3,(H,22,27). The van der Waals surface area contributed by atoms with Crippen LogP contribution in [0.2, 0.25) is 0 Å². The van der Waals surface area contributed by atoms with Gasteiger partial charge in [0, 0.05) is 19.2 Å². The maximum Gasteiger partial charge on any atom is 0.433 e. The number of fused-ring (bicyclic) bond motifs is 1. The summed E-state index contributed by atoms with van der Waals surface area (Å²) >= 11 is 1.29. The van der Waals surface area contributed by atoms with Crippen molar-refractivity contribution in [3.8, 4) is 10.6 Å². The number of hydrogen-bond donors (Lipinski definition) is 1. The lowest BCUT2D eigenvalue weighted by Crippen LogP contribution is -2.35. The predicted molar refractivity (Wildman–Crippen MR) is 101 cm³/mol. The summed E-state index contributed by atoms with van der Waals surface area (Å²) in [6, 6.07) is 5.66. The lowest BCUT2D eigenvalue weighted by Gasteiger charge is -2.17. The van der Waals surface area contributed by atoms with E-state index in [1.54, 1.807) is 17.5 Å². The molecule has 3 rings (SSSR count). The molecule has 0 unspecified atom stereocenters. The van der Waals surface area contributed by atoms with Gasteiger partial charge in [-0.2, -0.15) is 18.3 Å². The highest BCUT2D eigenvalue weighted by atomic mass is 32.1. The van der Waals surface area contributed by atoms with Crippen LogP contribution >= 0.6 is 11.3 Å². The number of rotatable bonds is 7. The molecule has 1 N–H and O–H groups in total. The smallest absolute Gasteiger partial charge is 0.349 e. The fourth-order valence-electron chi connectivity index (χ4n) is 2.80. The Kier molecular flexibility index (Phi) is 5.99. The van der Waals surface area contributed by atoms with Gasteiger partial charge in [0.15, 0.2) is 17.0 Å². The number of carbonyl (C=O) groups excluding carboxylic acids is 1. The molecule has 28 heavy (non-hydrogen) atoms. The summed E-state index contributed by atoms with van der Waals surface area (Å²) in [5.74, 6) is -0.525. The molecule has 150 valence electrons. The first-order valence-corrected chi connectivity index (χ1v) is 9.74. The minimum absolute atomic E-state index is 0.0212. The highest BCUT2D eigenvalue weighted by molar-refractivity contribution is 7.13. The molecule has 0 fully saturated rings. The van der Waals surface area contributed by atoms with Crippen molar-refractivity contribution in [3.05, 3.63) is 41.0 Å². The molecule has 0 aliphatic rings. The van der Waals surface area contributed by atoms with E-state index < -0.39 is 17.8 Å². The van der Waals surface area contributed by atoms with Crippen molar-refractivity contribution in [3.63, 3.8) is 0 Å². The van der Waals surface area contributed by atoms with Gasteiger partial charge in [0.05, 0.1) is 10.6 Å². The fraction of sp³-hybridized carbons (Fsp3) is 0.389. The third-order valence-electron chi connectivity index (χ3n) is 4.33. The molecule has 0 atom stereocenters. The van der Waals surface area contributed by atoms with Crippen LogP contribution in [-0.4, -0.2) is 51.6 Å². The molecule has 0 aromatic carbocycles. The number of thiophene rings is 1. The van der Waals surface area contributed by atoms with E-state index in [2.05, 4.69) is 20.3 Å². The fourth-order valence-corrected chi connectivity index (χ4v) is 3.48. The van der Waals surface area contributed by atoms with Gasteiger partial charge in [-0.3, -0.25) is 4.79 Å². The summed E-state index contributed by atoms with van der Waals surface area (Å²) in [5.41, 5.74) is -0.890. The highest BCUT2D eigenvalue weighted by Gasteiger charge is 2.35. The van der Waals surface area contributed by atoms with Gasteiger partial charge in [0.1, 0.15) is 0 Å². The van der Waals surface area contributed by atoms with Crippen molar-refractivity contribution in [2.24, 2.45) is 0 Å². The molecule has 0 aliphatic heterocycles. The van der Waals surface area contributed by atoms with Crippen molar-refractivity contribution < 1.29 is 18.0 Å². The summed E-state index contributed by atoms with van der Waals surface area (Å²) in [7, 11) is 0. The number of likely N-dealkylation sites (N-methyl/N-ethyl adjacent to an activating group) is 1. The highest BCUT2D eigenvalue weighted by Crippen LogP contribution is 2.33. The van der Waals surface area contributed by atoms with Crippen LogP contribution in [0.15, 0.2) is 29.6 Å². The average Bonchev–Trinajstić information content (AvgIpc) is 3.32. The van der Waals surface area contributed by atoms with E-state index in [-0.39, 0.29) is 17.0 Å². The van der Waals surface area contributed by atoms with Gasteiger partial charge < -0.3 is 10.2 Å². The Morgan fingerprint density at radius 1 is 1.29 bits per heavy atom. The van der Waals surface area contributed by atoms with Crippen LogP contribution in [0.1, 0.15) is 30.0 Å². The zero-order valence-corrected chi connectivity index (χ0v) is 16.3. The summed E-state index contributed by atoms with van der Waals surface area (Å²) in [5, 5.41) is 8.31. The number of aromatic nitrogens is 3. The third-order valence-corrected chi connectivity index (χ3v) is 5.22. The zero-order valence-electron chi connectivity index (χ0n) is 15.5. The maximum absolute atomic E-state index is 13.5. The number of hydrogen-bond acceptors (Lipinski definition) is 5. The molecule has 0 saturated heterocycles. The van der Waals surface area contributed by atoms with Crippen molar-refractivity contribution in [2.75, 3.05) is 26.2 Å². The van der Waals surface area contributed by atoms with Gasteiger partial charge in [-0.15, -0.1) is 11.3 Å². The van der Waals surface area contributed by atoms with E-state index in [0.717, 1.165) is 19.2 Å². The molecule has 0 aliphatic carbocycles. The predicted octanol–water partition coefficient (Wildman–Crippen LogP) is 3.55. The lowest BCUT2D eigenvalue weighted by molar-refractivity contribution is -0.142. The Labute approximate surface area is 164 Å². The van der Waals surface area contributed by atoms with Crippen LogP contribution in [0.25, 0.3) is 16.2 Å².